The van der Waals surface area contributed by atoms with E-state index in [0.717, 1.165) is 0 Å². The van der Waals surface area contributed by atoms with Crippen molar-refractivity contribution in [2.75, 3.05) is 0 Å². The third-order valence-electron chi connectivity index (χ3n) is 9.96. The first kappa shape index (κ1) is 25.4. The van der Waals surface area contributed by atoms with E-state index in [-0.39, 0.29) is 0 Å². The molecule has 46 heavy (non-hydrogen) atoms. The van der Waals surface area contributed by atoms with E-state index in [1.807, 2.05) is 0 Å². The molecular weight excluding hydrogens is 553 g/mol. The van der Waals surface area contributed by atoms with Gasteiger partial charge in [-0.05, 0) is 112 Å². The monoisotopic (exact) mass is 580 g/mol. The highest BCUT2D eigenvalue weighted by Crippen LogP contribution is 2.51. The average molecular weight is 581 g/mol. The largest absolute Gasteiger partial charge is 0.0622 e. The molecule has 2 aliphatic carbocycles. The second-order valence-corrected chi connectivity index (χ2v) is 12.4. The van der Waals surface area contributed by atoms with Crippen LogP contribution in [0.1, 0.15) is 22.3 Å². The summed E-state index contributed by atoms with van der Waals surface area (Å²) in [6.45, 7) is 0. The van der Waals surface area contributed by atoms with E-state index in [9.17, 15) is 0 Å². The molecule has 0 spiro atoms. The molecule has 0 fully saturated rings. The van der Waals surface area contributed by atoms with Crippen LogP contribution in [0.4, 0.5) is 0 Å². The van der Waals surface area contributed by atoms with E-state index in [4.69, 9.17) is 0 Å². The molecule has 0 heteroatoms. The minimum absolute atomic E-state index is 1.21. The summed E-state index contributed by atoms with van der Waals surface area (Å²) in [5, 5.41) is 5.31. The lowest BCUT2D eigenvalue weighted by Gasteiger charge is -2.20. The standard InChI is InChI=1S/C46H28/c1-3-11-29(12-4-1)43(33-23-25-35-37-19-7-15-31-17-9-21-39(45(31)37)41(35)27-33)44(30-13-5-2-6-14-30)34-24-26-36-38-20-8-16-32-18-10-22-40(46(32)38)42(36)28-34/h1-28H/b44-43+. The molecule has 8 aromatic rings. The highest BCUT2D eigenvalue weighted by molar-refractivity contribution is 6.18. The molecule has 0 radical (unpaired) electrons. The quantitative estimate of drug-likeness (QED) is 0.182. The van der Waals surface area contributed by atoms with Gasteiger partial charge in [-0.3, -0.25) is 0 Å². The zero-order chi connectivity index (χ0) is 30.2. The molecule has 0 amide bonds. The van der Waals surface area contributed by atoms with E-state index in [0.29, 0.717) is 0 Å². The van der Waals surface area contributed by atoms with Gasteiger partial charge in [0.2, 0.25) is 0 Å². The van der Waals surface area contributed by atoms with Crippen LogP contribution in [0.2, 0.25) is 0 Å². The summed E-state index contributed by atoms with van der Waals surface area (Å²) in [5.74, 6) is 0. The van der Waals surface area contributed by atoms with Crippen LogP contribution in [0, 0.1) is 0 Å². The van der Waals surface area contributed by atoms with Gasteiger partial charge in [0.15, 0.2) is 0 Å². The summed E-state index contributed by atoms with van der Waals surface area (Å²) in [6.07, 6.45) is 0. The molecule has 0 saturated heterocycles. The van der Waals surface area contributed by atoms with Crippen LogP contribution in [0.5, 0.6) is 0 Å². The Labute approximate surface area is 268 Å². The summed E-state index contributed by atoms with van der Waals surface area (Å²) in [5.41, 5.74) is 17.9. The predicted octanol–water partition coefficient (Wildman–Crippen LogP) is 12.3. The fourth-order valence-electron chi connectivity index (χ4n) is 8.02. The predicted molar refractivity (Wildman–Crippen MR) is 195 cm³/mol. The van der Waals surface area contributed by atoms with Gasteiger partial charge < -0.3 is 0 Å². The molecule has 0 saturated carbocycles. The van der Waals surface area contributed by atoms with Gasteiger partial charge in [-0.2, -0.15) is 0 Å². The SMILES string of the molecule is c1ccc(/C(=C(/c2ccccc2)c2ccc3c(c2)-c2cccc4cccc-3c24)c2ccc3c(c2)-c2cccc4cccc-3c24)cc1. The van der Waals surface area contributed by atoms with E-state index >= 15 is 0 Å². The lowest BCUT2D eigenvalue weighted by Crippen LogP contribution is -1.98. The lowest BCUT2D eigenvalue weighted by atomic mass is 9.83. The van der Waals surface area contributed by atoms with Crippen LogP contribution in [0.25, 0.3) is 77.2 Å². The second-order valence-electron chi connectivity index (χ2n) is 12.4. The molecule has 0 aliphatic heterocycles. The van der Waals surface area contributed by atoms with Crippen molar-refractivity contribution >= 4 is 32.7 Å². The van der Waals surface area contributed by atoms with Crippen molar-refractivity contribution in [3.63, 3.8) is 0 Å². The Balaban J connectivity index is 1.27. The summed E-state index contributed by atoms with van der Waals surface area (Å²) in [6, 6.07) is 62.8. The maximum absolute atomic E-state index is 2.43. The molecule has 0 nitrogen and oxygen atoms in total. The third-order valence-corrected chi connectivity index (χ3v) is 9.96. The summed E-state index contributed by atoms with van der Waals surface area (Å²) >= 11 is 0. The average Bonchev–Trinajstić information content (AvgIpc) is 3.62. The van der Waals surface area contributed by atoms with Crippen molar-refractivity contribution < 1.29 is 0 Å². The van der Waals surface area contributed by atoms with Gasteiger partial charge in [-0.25, -0.2) is 0 Å². The number of benzene rings is 8. The minimum Gasteiger partial charge on any atom is -0.0622 e. The van der Waals surface area contributed by atoms with E-state index in [2.05, 4.69) is 170 Å². The normalized spacial score (nSPS) is 12.7. The smallest absolute Gasteiger partial charge is 0.00264 e. The minimum atomic E-state index is 1.21. The molecule has 0 unspecified atom stereocenters. The van der Waals surface area contributed by atoms with Crippen molar-refractivity contribution in [3.05, 3.63) is 192 Å². The molecule has 8 aromatic carbocycles. The van der Waals surface area contributed by atoms with Crippen LogP contribution in [-0.2, 0) is 0 Å². The maximum atomic E-state index is 2.43. The topological polar surface area (TPSA) is 0 Å². The third kappa shape index (κ3) is 3.62. The molecule has 0 aromatic heterocycles. The van der Waals surface area contributed by atoms with Crippen molar-refractivity contribution in [2.24, 2.45) is 0 Å². The molecule has 10 rings (SSSR count). The summed E-state index contributed by atoms with van der Waals surface area (Å²) in [4.78, 5) is 0. The molecule has 0 heterocycles. The first-order valence-electron chi connectivity index (χ1n) is 16.0. The van der Waals surface area contributed by atoms with Gasteiger partial charge in [0.05, 0.1) is 0 Å². The van der Waals surface area contributed by atoms with Gasteiger partial charge in [-0.1, -0.05) is 158 Å². The highest BCUT2D eigenvalue weighted by atomic mass is 14.3. The fraction of sp³-hybridized carbons (Fsp3) is 0. The fourth-order valence-corrected chi connectivity index (χ4v) is 8.02. The van der Waals surface area contributed by atoms with Crippen molar-refractivity contribution in [3.8, 4) is 44.5 Å². The van der Waals surface area contributed by atoms with Gasteiger partial charge >= 0.3 is 0 Å². The second kappa shape index (κ2) is 9.76. The van der Waals surface area contributed by atoms with Gasteiger partial charge in [0, 0.05) is 0 Å². The number of hydrogen-bond donors (Lipinski definition) is 0. The molecule has 2 aliphatic rings. The Hall–Kier alpha value is -5.98. The van der Waals surface area contributed by atoms with Crippen LogP contribution in [0.3, 0.4) is 0 Å². The Morgan fingerprint density at radius 1 is 0.239 bits per heavy atom. The molecule has 0 N–H and O–H groups in total. The van der Waals surface area contributed by atoms with Crippen molar-refractivity contribution in [1.29, 1.82) is 0 Å². The zero-order valence-electron chi connectivity index (χ0n) is 25.2. The van der Waals surface area contributed by atoms with E-state index in [1.54, 1.807) is 0 Å². The van der Waals surface area contributed by atoms with Crippen LogP contribution in [0.15, 0.2) is 170 Å². The summed E-state index contributed by atoms with van der Waals surface area (Å²) in [7, 11) is 0. The van der Waals surface area contributed by atoms with Crippen LogP contribution < -0.4 is 0 Å². The molecule has 212 valence electrons. The Morgan fingerprint density at radius 3 is 1.00 bits per heavy atom. The van der Waals surface area contributed by atoms with E-state index in [1.165, 1.54) is 99.5 Å². The van der Waals surface area contributed by atoms with Gasteiger partial charge in [0.1, 0.15) is 0 Å². The molecular formula is C46H28. The number of rotatable bonds is 4. The highest BCUT2D eigenvalue weighted by Gasteiger charge is 2.26. The first-order chi connectivity index (χ1) is 22.8. The zero-order valence-corrected chi connectivity index (χ0v) is 25.2. The maximum Gasteiger partial charge on any atom is -0.00264 e. The molecule has 0 bridgehead atoms. The van der Waals surface area contributed by atoms with Gasteiger partial charge in [-0.15, -0.1) is 0 Å². The van der Waals surface area contributed by atoms with Crippen molar-refractivity contribution in [1.82, 2.24) is 0 Å². The Morgan fingerprint density at radius 2 is 0.609 bits per heavy atom. The Kier molecular flexibility index (Phi) is 5.38. The first-order valence-corrected chi connectivity index (χ1v) is 16.0. The number of fused-ring (bicyclic) bond motifs is 6. The molecule has 0 atom stereocenters. The lowest BCUT2D eigenvalue weighted by molar-refractivity contribution is 1.50. The van der Waals surface area contributed by atoms with Gasteiger partial charge in [0.25, 0.3) is 0 Å². The van der Waals surface area contributed by atoms with Crippen LogP contribution in [-0.4, -0.2) is 0 Å². The number of hydrogen-bond acceptors (Lipinski definition) is 0. The van der Waals surface area contributed by atoms with Crippen LogP contribution >= 0.6 is 0 Å². The van der Waals surface area contributed by atoms with Crippen molar-refractivity contribution in [2.45, 2.75) is 0 Å². The van der Waals surface area contributed by atoms with E-state index < -0.39 is 0 Å². The Bertz CT molecular complexity index is 2360. The summed E-state index contributed by atoms with van der Waals surface area (Å²) < 4.78 is 0.